The molecule has 1 rings (SSSR count). The van der Waals surface area contributed by atoms with Crippen molar-refractivity contribution in [1.29, 1.82) is 0 Å². The molecule has 0 aliphatic carbocycles. The van der Waals surface area contributed by atoms with Crippen LogP contribution in [-0.2, 0) is 4.79 Å². The molecule has 0 saturated heterocycles. The lowest BCUT2D eigenvalue weighted by molar-refractivity contribution is -0.148. The smallest absolute Gasteiger partial charge is 0.342 e. The van der Waals surface area contributed by atoms with Gasteiger partial charge in [0.05, 0.1) is 5.41 Å². The zero-order valence-corrected chi connectivity index (χ0v) is 10.2. The lowest BCUT2D eigenvalue weighted by Crippen LogP contribution is -2.38. The molecule has 4 N–H and O–H groups in total. The van der Waals surface area contributed by atoms with Crippen LogP contribution in [0.4, 0.5) is 5.82 Å². The molecule has 8 heteroatoms. The first kappa shape index (κ1) is 13.9. The van der Waals surface area contributed by atoms with Gasteiger partial charge in [0.2, 0.25) is 5.82 Å². The van der Waals surface area contributed by atoms with E-state index in [2.05, 4.69) is 15.5 Å². The van der Waals surface area contributed by atoms with Crippen LogP contribution in [0.2, 0.25) is 0 Å². The highest BCUT2D eigenvalue weighted by Gasteiger charge is 2.34. The Morgan fingerprint density at radius 2 is 2.00 bits per heavy atom. The van der Waals surface area contributed by atoms with Gasteiger partial charge in [-0.2, -0.15) is 0 Å². The van der Waals surface area contributed by atoms with Gasteiger partial charge in [-0.1, -0.05) is 13.8 Å². The molecule has 0 aliphatic heterocycles. The predicted octanol–water partition coefficient (Wildman–Crippen LogP) is -0.239. The number of hydrogen-bond donors (Lipinski definition) is 4. The number of aromatic nitrogens is 3. The minimum Gasteiger partial charge on any atom is -0.481 e. The maximum absolute atomic E-state index is 11.4. The van der Waals surface area contributed by atoms with E-state index in [9.17, 15) is 19.5 Å². The van der Waals surface area contributed by atoms with Crippen molar-refractivity contribution in [3.63, 3.8) is 0 Å². The molecule has 0 bridgehead atoms. The number of H-pyrrole nitrogens is 2. The van der Waals surface area contributed by atoms with Crippen molar-refractivity contribution in [2.24, 2.45) is 5.41 Å². The van der Waals surface area contributed by atoms with Gasteiger partial charge in [0.15, 0.2) is 0 Å². The van der Waals surface area contributed by atoms with E-state index >= 15 is 0 Å². The van der Waals surface area contributed by atoms with Crippen LogP contribution in [0.1, 0.15) is 26.7 Å². The Bertz CT molecular complexity index is 529. The second-order valence-electron chi connectivity index (χ2n) is 4.00. The summed E-state index contributed by atoms with van der Waals surface area (Å²) >= 11 is 0. The Balaban J connectivity index is 2.89. The fourth-order valence-electron chi connectivity index (χ4n) is 1.60. The van der Waals surface area contributed by atoms with Crippen molar-refractivity contribution < 1.29 is 9.90 Å². The SMILES string of the molecule is CCC(CC)(CNc1n[nH]c(=O)[nH]c1=O)C(=O)O. The predicted molar refractivity (Wildman–Crippen MR) is 64.6 cm³/mol. The van der Waals surface area contributed by atoms with Crippen LogP contribution >= 0.6 is 0 Å². The van der Waals surface area contributed by atoms with Gasteiger partial charge < -0.3 is 10.4 Å². The first-order chi connectivity index (χ1) is 8.45. The number of nitrogens with zero attached hydrogens (tertiary/aromatic N) is 1. The van der Waals surface area contributed by atoms with E-state index in [0.717, 1.165) is 0 Å². The fraction of sp³-hybridized carbons (Fsp3) is 0.600. The Morgan fingerprint density at radius 1 is 1.39 bits per heavy atom. The molecular formula is C10H16N4O4. The topological polar surface area (TPSA) is 128 Å². The zero-order valence-electron chi connectivity index (χ0n) is 10.2. The van der Waals surface area contributed by atoms with Crippen molar-refractivity contribution in [3.8, 4) is 0 Å². The monoisotopic (exact) mass is 256 g/mol. The highest BCUT2D eigenvalue weighted by atomic mass is 16.4. The van der Waals surface area contributed by atoms with Crippen molar-refractivity contribution >= 4 is 11.8 Å². The van der Waals surface area contributed by atoms with Crippen LogP contribution in [0, 0.1) is 5.41 Å². The molecule has 0 aromatic carbocycles. The molecule has 0 radical (unpaired) electrons. The van der Waals surface area contributed by atoms with Gasteiger partial charge in [-0.3, -0.25) is 14.6 Å². The fourth-order valence-corrected chi connectivity index (χ4v) is 1.60. The summed E-state index contributed by atoms with van der Waals surface area (Å²) in [5.74, 6) is -1.03. The van der Waals surface area contributed by atoms with Gasteiger partial charge in [-0.25, -0.2) is 9.89 Å². The van der Waals surface area contributed by atoms with Crippen LogP contribution in [0.25, 0.3) is 0 Å². The third kappa shape index (κ3) is 2.76. The summed E-state index contributed by atoms with van der Waals surface area (Å²) in [5, 5.41) is 17.5. The summed E-state index contributed by atoms with van der Waals surface area (Å²) in [6, 6.07) is 0. The van der Waals surface area contributed by atoms with Crippen LogP contribution in [0.5, 0.6) is 0 Å². The highest BCUT2D eigenvalue weighted by Crippen LogP contribution is 2.26. The Labute approximate surface area is 102 Å². The maximum atomic E-state index is 11.4. The standard InChI is InChI=1S/C10H16N4O4/c1-3-10(4-2,8(16)17)5-11-6-7(15)12-9(18)14-13-6/h3-5H2,1-2H3,(H,11,13)(H,16,17)(H2,12,14,15,18). The minimum atomic E-state index is -0.954. The molecule has 0 fully saturated rings. The summed E-state index contributed by atoms with van der Waals surface area (Å²) in [6.45, 7) is 3.60. The molecule has 0 aliphatic rings. The number of carboxylic acids is 1. The van der Waals surface area contributed by atoms with E-state index in [1.54, 1.807) is 13.8 Å². The summed E-state index contributed by atoms with van der Waals surface area (Å²) in [7, 11) is 0. The van der Waals surface area contributed by atoms with Gasteiger partial charge in [0.25, 0.3) is 5.56 Å². The van der Waals surface area contributed by atoms with E-state index in [0.29, 0.717) is 12.8 Å². The minimum absolute atomic E-state index is 0.0669. The van der Waals surface area contributed by atoms with E-state index in [1.165, 1.54) is 0 Å². The number of anilines is 1. The molecule has 1 aromatic heterocycles. The molecule has 1 aromatic rings. The highest BCUT2D eigenvalue weighted by molar-refractivity contribution is 5.75. The zero-order chi connectivity index (χ0) is 13.8. The average molecular weight is 256 g/mol. The van der Waals surface area contributed by atoms with E-state index in [4.69, 9.17) is 0 Å². The van der Waals surface area contributed by atoms with Gasteiger partial charge in [0.1, 0.15) is 0 Å². The number of carbonyl (C=O) groups is 1. The summed E-state index contributed by atoms with van der Waals surface area (Å²) in [4.78, 5) is 35.4. The maximum Gasteiger partial charge on any atom is 0.342 e. The molecule has 0 unspecified atom stereocenters. The molecule has 100 valence electrons. The third-order valence-corrected chi connectivity index (χ3v) is 3.11. The van der Waals surface area contributed by atoms with Crippen molar-refractivity contribution in [1.82, 2.24) is 15.2 Å². The summed E-state index contributed by atoms with van der Waals surface area (Å²) in [5.41, 5.74) is -2.34. The molecule has 0 atom stereocenters. The second-order valence-corrected chi connectivity index (χ2v) is 4.00. The number of aliphatic carboxylic acids is 1. The number of carboxylic acid groups (broad SMARTS) is 1. The van der Waals surface area contributed by atoms with E-state index in [-0.39, 0.29) is 12.4 Å². The lowest BCUT2D eigenvalue weighted by Gasteiger charge is -2.26. The average Bonchev–Trinajstić information content (AvgIpc) is 2.32. The summed E-state index contributed by atoms with van der Waals surface area (Å²) in [6.07, 6.45) is 0.847. The number of aromatic amines is 2. The first-order valence-corrected chi connectivity index (χ1v) is 5.61. The molecule has 0 saturated carbocycles. The Kier molecular flexibility index (Phi) is 4.24. The molecule has 1 heterocycles. The van der Waals surface area contributed by atoms with Crippen molar-refractivity contribution in [3.05, 3.63) is 20.8 Å². The molecule has 8 nitrogen and oxygen atoms in total. The van der Waals surface area contributed by atoms with E-state index in [1.807, 2.05) is 4.98 Å². The number of rotatable bonds is 6. The molecule has 0 amide bonds. The van der Waals surface area contributed by atoms with Crippen molar-refractivity contribution in [2.45, 2.75) is 26.7 Å². The molecule has 18 heavy (non-hydrogen) atoms. The molecule has 0 spiro atoms. The Morgan fingerprint density at radius 3 is 2.44 bits per heavy atom. The quantitative estimate of drug-likeness (QED) is 0.556. The van der Waals surface area contributed by atoms with Crippen molar-refractivity contribution in [2.75, 3.05) is 11.9 Å². The normalized spacial score (nSPS) is 11.2. The van der Waals surface area contributed by atoms with Crippen LogP contribution in [0.15, 0.2) is 9.59 Å². The second kappa shape index (κ2) is 5.48. The third-order valence-electron chi connectivity index (χ3n) is 3.11. The van der Waals surface area contributed by atoms with Crippen LogP contribution in [-0.4, -0.2) is 32.8 Å². The Hall–Kier alpha value is -2.12. The van der Waals surface area contributed by atoms with E-state index < -0.39 is 22.6 Å². The largest absolute Gasteiger partial charge is 0.481 e. The first-order valence-electron chi connectivity index (χ1n) is 5.61. The summed E-state index contributed by atoms with van der Waals surface area (Å²) < 4.78 is 0. The lowest BCUT2D eigenvalue weighted by atomic mass is 9.82. The van der Waals surface area contributed by atoms with Crippen LogP contribution < -0.4 is 16.6 Å². The van der Waals surface area contributed by atoms with Crippen LogP contribution in [0.3, 0.4) is 0 Å². The van der Waals surface area contributed by atoms with Gasteiger partial charge in [0, 0.05) is 6.54 Å². The van der Waals surface area contributed by atoms with Gasteiger partial charge in [-0.15, -0.1) is 5.10 Å². The number of hydrogen-bond acceptors (Lipinski definition) is 5. The van der Waals surface area contributed by atoms with Gasteiger partial charge in [-0.05, 0) is 12.8 Å². The van der Waals surface area contributed by atoms with Gasteiger partial charge >= 0.3 is 11.7 Å². The molecular weight excluding hydrogens is 240 g/mol. The number of nitrogens with one attached hydrogen (secondary N) is 3.